The van der Waals surface area contributed by atoms with Crippen molar-refractivity contribution in [3.8, 4) is 5.75 Å². The number of furan rings is 1. The molecule has 3 N–H and O–H groups in total. The van der Waals surface area contributed by atoms with Gasteiger partial charge in [0.05, 0.1) is 12.0 Å². The SMILES string of the molecule is CC(=O)Nc1ccccc1OC(CN)c1ccco1. The molecule has 1 amide bonds. The van der Waals surface area contributed by atoms with Crippen molar-refractivity contribution < 1.29 is 13.9 Å². The molecule has 0 bridgehead atoms. The molecule has 0 radical (unpaired) electrons. The number of carbonyl (C=O) groups excluding carboxylic acids is 1. The summed E-state index contributed by atoms with van der Waals surface area (Å²) in [6.45, 7) is 1.73. The van der Waals surface area contributed by atoms with E-state index in [0.717, 1.165) is 0 Å². The van der Waals surface area contributed by atoms with Crippen molar-refractivity contribution in [2.24, 2.45) is 5.73 Å². The predicted octanol–water partition coefficient (Wildman–Crippen LogP) is 2.32. The van der Waals surface area contributed by atoms with Gasteiger partial charge in [-0.1, -0.05) is 12.1 Å². The molecule has 0 saturated heterocycles. The first-order valence-electron chi connectivity index (χ1n) is 5.97. The lowest BCUT2D eigenvalue weighted by Gasteiger charge is -2.17. The number of anilines is 1. The van der Waals surface area contributed by atoms with Crippen LogP contribution in [-0.4, -0.2) is 12.5 Å². The van der Waals surface area contributed by atoms with Crippen molar-refractivity contribution in [1.82, 2.24) is 0 Å². The molecule has 2 rings (SSSR count). The predicted molar refractivity (Wildman–Crippen MR) is 71.9 cm³/mol. The number of nitrogens with two attached hydrogens (primary N) is 1. The summed E-state index contributed by atoms with van der Waals surface area (Å²) in [5.74, 6) is 1.06. The highest BCUT2D eigenvalue weighted by atomic mass is 16.5. The van der Waals surface area contributed by atoms with Gasteiger partial charge < -0.3 is 20.2 Å². The molecule has 2 aromatic rings. The summed E-state index contributed by atoms with van der Waals surface area (Å²) >= 11 is 0. The third-order valence-electron chi connectivity index (χ3n) is 2.54. The van der Waals surface area contributed by atoms with E-state index in [0.29, 0.717) is 17.2 Å². The average Bonchev–Trinajstić information content (AvgIpc) is 2.91. The minimum absolute atomic E-state index is 0.154. The topological polar surface area (TPSA) is 77.5 Å². The third-order valence-corrected chi connectivity index (χ3v) is 2.54. The van der Waals surface area contributed by atoms with Gasteiger partial charge in [-0.25, -0.2) is 0 Å². The molecule has 1 atom stereocenters. The van der Waals surface area contributed by atoms with Crippen molar-refractivity contribution in [1.29, 1.82) is 0 Å². The van der Waals surface area contributed by atoms with Crippen LogP contribution in [0.3, 0.4) is 0 Å². The van der Waals surface area contributed by atoms with Crippen LogP contribution in [0.15, 0.2) is 47.1 Å². The highest BCUT2D eigenvalue weighted by molar-refractivity contribution is 5.90. The van der Waals surface area contributed by atoms with Crippen LogP contribution in [0, 0.1) is 0 Å². The molecule has 0 saturated carbocycles. The Kier molecular flexibility index (Phi) is 4.20. The number of benzene rings is 1. The van der Waals surface area contributed by atoms with E-state index in [1.54, 1.807) is 30.5 Å². The number of carbonyl (C=O) groups is 1. The first-order valence-corrected chi connectivity index (χ1v) is 5.97. The molecular formula is C14H16N2O3. The Hall–Kier alpha value is -2.27. The van der Waals surface area contributed by atoms with Crippen LogP contribution in [0.1, 0.15) is 18.8 Å². The number of hydrogen-bond acceptors (Lipinski definition) is 4. The molecule has 0 aliphatic rings. The Morgan fingerprint density at radius 3 is 2.79 bits per heavy atom. The van der Waals surface area contributed by atoms with Crippen LogP contribution < -0.4 is 15.8 Å². The minimum Gasteiger partial charge on any atom is -0.479 e. The maximum Gasteiger partial charge on any atom is 0.221 e. The molecule has 1 heterocycles. The Bertz CT molecular complexity index is 537. The minimum atomic E-state index is -0.384. The van der Waals surface area contributed by atoms with E-state index in [9.17, 15) is 4.79 Å². The van der Waals surface area contributed by atoms with Gasteiger partial charge >= 0.3 is 0 Å². The molecule has 0 aliphatic heterocycles. The van der Waals surface area contributed by atoms with Gasteiger partial charge in [0.2, 0.25) is 5.91 Å². The normalized spacial score (nSPS) is 11.9. The zero-order valence-electron chi connectivity index (χ0n) is 10.6. The number of amides is 1. The molecule has 19 heavy (non-hydrogen) atoms. The van der Waals surface area contributed by atoms with E-state index in [-0.39, 0.29) is 18.6 Å². The van der Waals surface area contributed by atoms with E-state index in [2.05, 4.69) is 5.32 Å². The molecule has 0 aliphatic carbocycles. The van der Waals surface area contributed by atoms with Gasteiger partial charge in [0.15, 0.2) is 6.10 Å². The molecule has 1 unspecified atom stereocenters. The van der Waals surface area contributed by atoms with Crippen LogP contribution in [-0.2, 0) is 4.79 Å². The molecule has 100 valence electrons. The van der Waals surface area contributed by atoms with Gasteiger partial charge in [0.1, 0.15) is 11.5 Å². The van der Waals surface area contributed by atoms with Crippen molar-refractivity contribution in [2.45, 2.75) is 13.0 Å². The van der Waals surface area contributed by atoms with Crippen LogP contribution in [0.5, 0.6) is 5.75 Å². The van der Waals surface area contributed by atoms with Crippen molar-refractivity contribution in [2.75, 3.05) is 11.9 Å². The molecular weight excluding hydrogens is 244 g/mol. The second kappa shape index (κ2) is 6.06. The number of hydrogen-bond donors (Lipinski definition) is 2. The molecule has 0 fully saturated rings. The van der Waals surface area contributed by atoms with E-state index in [1.807, 2.05) is 12.1 Å². The summed E-state index contributed by atoms with van der Waals surface area (Å²) in [6.07, 6.45) is 1.19. The maximum absolute atomic E-state index is 11.1. The summed E-state index contributed by atoms with van der Waals surface area (Å²) in [7, 11) is 0. The molecule has 1 aromatic carbocycles. The van der Waals surface area contributed by atoms with E-state index >= 15 is 0 Å². The highest BCUT2D eigenvalue weighted by Crippen LogP contribution is 2.28. The van der Waals surface area contributed by atoms with Crippen molar-refractivity contribution >= 4 is 11.6 Å². The van der Waals surface area contributed by atoms with Crippen LogP contribution in [0.2, 0.25) is 0 Å². The van der Waals surface area contributed by atoms with E-state index in [1.165, 1.54) is 6.92 Å². The van der Waals surface area contributed by atoms with Crippen LogP contribution >= 0.6 is 0 Å². The Morgan fingerprint density at radius 2 is 2.16 bits per heavy atom. The van der Waals surface area contributed by atoms with Crippen LogP contribution in [0.4, 0.5) is 5.69 Å². The zero-order valence-corrected chi connectivity index (χ0v) is 10.6. The largest absolute Gasteiger partial charge is 0.479 e. The smallest absolute Gasteiger partial charge is 0.221 e. The van der Waals surface area contributed by atoms with Gasteiger partial charge in [-0.15, -0.1) is 0 Å². The first kappa shape index (κ1) is 13.2. The standard InChI is InChI=1S/C14H16N2O3/c1-10(17)16-11-5-2-3-6-12(11)19-14(9-15)13-7-4-8-18-13/h2-8,14H,9,15H2,1H3,(H,16,17). The molecule has 5 heteroatoms. The van der Waals surface area contributed by atoms with Gasteiger partial charge in [-0.2, -0.15) is 0 Å². The average molecular weight is 260 g/mol. The first-order chi connectivity index (χ1) is 9.20. The number of para-hydroxylation sites is 2. The summed E-state index contributed by atoms with van der Waals surface area (Å²) < 4.78 is 11.1. The third kappa shape index (κ3) is 3.35. The lowest BCUT2D eigenvalue weighted by Crippen LogP contribution is -2.18. The van der Waals surface area contributed by atoms with Gasteiger partial charge in [-0.3, -0.25) is 4.79 Å². The Labute approximate surface area is 111 Å². The van der Waals surface area contributed by atoms with E-state index in [4.69, 9.17) is 14.9 Å². The number of nitrogens with one attached hydrogen (secondary N) is 1. The zero-order chi connectivity index (χ0) is 13.7. The molecule has 5 nitrogen and oxygen atoms in total. The molecule has 1 aromatic heterocycles. The number of rotatable bonds is 5. The van der Waals surface area contributed by atoms with Gasteiger partial charge in [0.25, 0.3) is 0 Å². The quantitative estimate of drug-likeness (QED) is 0.864. The Balaban J connectivity index is 2.20. The summed E-state index contributed by atoms with van der Waals surface area (Å²) in [5.41, 5.74) is 6.30. The fourth-order valence-electron chi connectivity index (χ4n) is 1.71. The fraction of sp³-hybridized carbons (Fsp3) is 0.214. The maximum atomic E-state index is 11.1. The summed E-state index contributed by atoms with van der Waals surface area (Å²) in [5, 5.41) is 2.71. The highest BCUT2D eigenvalue weighted by Gasteiger charge is 2.16. The van der Waals surface area contributed by atoms with Crippen molar-refractivity contribution in [3.05, 3.63) is 48.4 Å². The van der Waals surface area contributed by atoms with E-state index < -0.39 is 0 Å². The summed E-state index contributed by atoms with van der Waals surface area (Å²) in [6, 6.07) is 10.8. The number of ether oxygens (including phenoxy) is 1. The Morgan fingerprint density at radius 1 is 1.37 bits per heavy atom. The summed E-state index contributed by atoms with van der Waals surface area (Å²) in [4.78, 5) is 11.1. The lowest BCUT2D eigenvalue weighted by molar-refractivity contribution is -0.114. The second-order valence-corrected chi connectivity index (χ2v) is 4.03. The lowest BCUT2D eigenvalue weighted by atomic mass is 10.2. The van der Waals surface area contributed by atoms with Crippen LogP contribution in [0.25, 0.3) is 0 Å². The van der Waals surface area contributed by atoms with Gasteiger partial charge in [0, 0.05) is 13.5 Å². The monoisotopic (exact) mass is 260 g/mol. The van der Waals surface area contributed by atoms with Gasteiger partial charge in [-0.05, 0) is 24.3 Å². The second-order valence-electron chi connectivity index (χ2n) is 4.03. The fourth-order valence-corrected chi connectivity index (χ4v) is 1.71. The molecule has 0 spiro atoms. The van der Waals surface area contributed by atoms with Crippen molar-refractivity contribution in [3.63, 3.8) is 0 Å².